The fraction of sp³-hybridized carbons (Fsp3) is 0.263. The van der Waals surface area contributed by atoms with Crippen molar-refractivity contribution >= 4 is 27.5 Å². The number of amides is 1. The fourth-order valence-corrected chi connectivity index (χ4v) is 3.52. The highest BCUT2D eigenvalue weighted by atomic mass is 32.1. The lowest BCUT2D eigenvalue weighted by Crippen LogP contribution is -2.25. The highest BCUT2D eigenvalue weighted by Gasteiger charge is 2.05. The molecule has 0 fully saturated rings. The molecule has 0 bridgehead atoms. The summed E-state index contributed by atoms with van der Waals surface area (Å²) in [7, 11) is 0. The molecule has 0 saturated heterocycles. The van der Waals surface area contributed by atoms with Crippen LogP contribution in [0.1, 0.15) is 22.6 Å². The summed E-state index contributed by atoms with van der Waals surface area (Å²) < 4.78 is 1.20. The number of rotatable bonds is 6. The Bertz CT molecular complexity index is 777. The van der Waals surface area contributed by atoms with Gasteiger partial charge in [0, 0.05) is 19.4 Å². The first kappa shape index (κ1) is 15.7. The summed E-state index contributed by atoms with van der Waals surface area (Å²) in [6.07, 6.45) is 2.10. The van der Waals surface area contributed by atoms with Crippen LogP contribution in [0.15, 0.2) is 48.5 Å². The number of hydrogen-bond donors (Lipinski definition) is 1. The second-order valence-corrected chi connectivity index (χ2v) is 6.78. The number of fused-ring (bicyclic) bond motifs is 1. The van der Waals surface area contributed by atoms with Gasteiger partial charge in [0.25, 0.3) is 0 Å². The Kier molecular flexibility index (Phi) is 5.03. The first-order chi connectivity index (χ1) is 11.2. The normalized spacial score (nSPS) is 10.8. The molecule has 23 heavy (non-hydrogen) atoms. The SMILES string of the molecule is Cc1cccc(CCC(=O)NCCc2nc3ccccc3s2)c1. The highest BCUT2D eigenvalue weighted by Crippen LogP contribution is 2.21. The van der Waals surface area contributed by atoms with Crippen molar-refractivity contribution < 1.29 is 4.79 Å². The van der Waals surface area contributed by atoms with Crippen molar-refractivity contribution in [3.63, 3.8) is 0 Å². The Hall–Kier alpha value is -2.20. The Balaban J connectivity index is 1.44. The molecule has 0 atom stereocenters. The molecule has 3 nitrogen and oxygen atoms in total. The fourth-order valence-electron chi connectivity index (χ4n) is 2.55. The van der Waals surface area contributed by atoms with E-state index in [0.717, 1.165) is 23.4 Å². The monoisotopic (exact) mass is 324 g/mol. The molecule has 0 aliphatic carbocycles. The maximum absolute atomic E-state index is 11.9. The van der Waals surface area contributed by atoms with E-state index in [-0.39, 0.29) is 5.91 Å². The first-order valence-corrected chi connectivity index (χ1v) is 8.69. The summed E-state index contributed by atoms with van der Waals surface area (Å²) in [5.74, 6) is 0.104. The third kappa shape index (κ3) is 4.39. The number of benzene rings is 2. The summed E-state index contributed by atoms with van der Waals surface area (Å²) in [6, 6.07) is 16.4. The number of para-hydroxylation sites is 1. The van der Waals surface area contributed by atoms with E-state index in [1.54, 1.807) is 11.3 Å². The summed E-state index contributed by atoms with van der Waals surface area (Å²) in [4.78, 5) is 16.5. The molecule has 2 aromatic carbocycles. The van der Waals surface area contributed by atoms with Gasteiger partial charge in [0.05, 0.1) is 15.2 Å². The third-order valence-corrected chi connectivity index (χ3v) is 4.82. The van der Waals surface area contributed by atoms with E-state index in [1.165, 1.54) is 15.8 Å². The molecule has 1 heterocycles. The average molecular weight is 324 g/mol. The van der Waals surface area contributed by atoms with Crippen LogP contribution in [0.5, 0.6) is 0 Å². The standard InChI is InChI=1S/C19H20N2OS/c1-14-5-4-6-15(13-14)9-10-18(22)20-12-11-19-21-16-7-2-3-8-17(16)23-19/h2-8,13H,9-12H2,1H3,(H,20,22). The number of nitrogens with zero attached hydrogens (tertiary/aromatic N) is 1. The molecule has 0 aliphatic heterocycles. The van der Waals surface area contributed by atoms with Gasteiger partial charge in [-0.3, -0.25) is 4.79 Å². The van der Waals surface area contributed by atoms with E-state index in [9.17, 15) is 4.79 Å². The van der Waals surface area contributed by atoms with Crippen LogP contribution in [0.4, 0.5) is 0 Å². The van der Waals surface area contributed by atoms with E-state index in [2.05, 4.69) is 41.5 Å². The van der Waals surface area contributed by atoms with Crippen LogP contribution in [0, 0.1) is 6.92 Å². The number of aromatic nitrogens is 1. The van der Waals surface area contributed by atoms with Crippen LogP contribution in [0.2, 0.25) is 0 Å². The summed E-state index contributed by atoms with van der Waals surface area (Å²) in [5.41, 5.74) is 3.49. The number of nitrogens with one attached hydrogen (secondary N) is 1. The van der Waals surface area contributed by atoms with Crippen LogP contribution in [-0.2, 0) is 17.6 Å². The number of carbonyl (C=O) groups excluding carboxylic acids is 1. The first-order valence-electron chi connectivity index (χ1n) is 7.87. The molecule has 0 spiro atoms. The summed E-state index contributed by atoms with van der Waals surface area (Å²) in [6.45, 7) is 2.72. The van der Waals surface area contributed by atoms with E-state index >= 15 is 0 Å². The van der Waals surface area contributed by atoms with Crippen LogP contribution >= 0.6 is 11.3 Å². The van der Waals surface area contributed by atoms with Gasteiger partial charge < -0.3 is 5.32 Å². The Labute approximate surface area is 140 Å². The zero-order chi connectivity index (χ0) is 16.1. The molecule has 3 rings (SSSR count). The maximum atomic E-state index is 11.9. The molecule has 1 N–H and O–H groups in total. The lowest BCUT2D eigenvalue weighted by molar-refractivity contribution is -0.121. The molecule has 1 amide bonds. The van der Waals surface area contributed by atoms with E-state index < -0.39 is 0 Å². The number of carbonyl (C=O) groups is 1. The number of thiazole rings is 1. The molecule has 118 valence electrons. The van der Waals surface area contributed by atoms with Crippen molar-refractivity contribution in [1.29, 1.82) is 0 Å². The van der Waals surface area contributed by atoms with Gasteiger partial charge in [-0.05, 0) is 31.0 Å². The summed E-state index contributed by atoms with van der Waals surface area (Å²) in [5, 5.41) is 4.06. The number of hydrogen-bond acceptors (Lipinski definition) is 3. The summed E-state index contributed by atoms with van der Waals surface area (Å²) >= 11 is 1.70. The molecule has 3 aromatic rings. The predicted molar refractivity (Wildman–Crippen MR) is 95.8 cm³/mol. The van der Waals surface area contributed by atoms with E-state index in [4.69, 9.17) is 0 Å². The van der Waals surface area contributed by atoms with Crippen LogP contribution in [0.3, 0.4) is 0 Å². The average Bonchev–Trinajstić information content (AvgIpc) is 2.96. The van der Waals surface area contributed by atoms with Crippen molar-refractivity contribution in [3.05, 3.63) is 64.7 Å². The van der Waals surface area contributed by atoms with Gasteiger partial charge in [-0.1, -0.05) is 42.0 Å². The van der Waals surface area contributed by atoms with Gasteiger partial charge in [-0.15, -0.1) is 11.3 Å². The molecule has 1 aromatic heterocycles. The maximum Gasteiger partial charge on any atom is 0.220 e. The van der Waals surface area contributed by atoms with Crippen LogP contribution in [0.25, 0.3) is 10.2 Å². The van der Waals surface area contributed by atoms with Crippen LogP contribution in [-0.4, -0.2) is 17.4 Å². The predicted octanol–water partition coefficient (Wildman–Crippen LogP) is 3.90. The smallest absolute Gasteiger partial charge is 0.220 e. The van der Waals surface area contributed by atoms with Crippen molar-refractivity contribution in [2.24, 2.45) is 0 Å². The third-order valence-electron chi connectivity index (χ3n) is 3.72. The lowest BCUT2D eigenvalue weighted by atomic mass is 10.1. The van der Waals surface area contributed by atoms with Crippen molar-refractivity contribution in [3.8, 4) is 0 Å². The lowest BCUT2D eigenvalue weighted by Gasteiger charge is -2.05. The quantitative estimate of drug-likeness (QED) is 0.747. The molecule has 0 radical (unpaired) electrons. The van der Waals surface area contributed by atoms with Gasteiger partial charge in [0.15, 0.2) is 0 Å². The molecule has 0 unspecified atom stereocenters. The Morgan fingerprint density at radius 1 is 1.13 bits per heavy atom. The van der Waals surface area contributed by atoms with Gasteiger partial charge in [-0.2, -0.15) is 0 Å². The van der Waals surface area contributed by atoms with Crippen molar-refractivity contribution in [2.45, 2.75) is 26.2 Å². The van der Waals surface area contributed by atoms with Gasteiger partial charge >= 0.3 is 0 Å². The molecular weight excluding hydrogens is 304 g/mol. The molecule has 0 saturated carbocycles. The largest absolute Gasteiger partial charge is 0.356 e. The Morgan fingerprint density at radius 2 is 2.00 bits per heavy atom. The van der Waals surface area contributed by atoms with Crippen molar-refractivity contribution in [2.75, 3.05) is 6.54 Å². The Morgan fingerprint density at radius 3 is 2.83 bits per heavy atom. The molecule has 4 heteroatoms. The zero-order valence-electron chi connectivity index (χ0n) is 13.2. The van der Waals surface area contributed by atoms with E-state index in [0.29, 0.717) is 13.0 Å². The minimum atomic E-state index is 0.104. The van der Waals surface area contributed by atoms with Gasteiger partial charge in [0.2, 0.25) is 5.91 Å². The molecule has 0 aliphatic rings. The van der Waals surface area contributed by atoms with Crippen molar-refractivity contribution in [1.82, 2.24) is 10.3 Å². The molecular formula is C19H20N2OS. The second-order valence-electron chi connectivity index (χ2n) is 5.66. The highest BCUT2D eigenvalue weighted by molar-refractivity contribution is 7.18. The zero-order valence-corrected chi connectivity index (χ0v) is 14.0. The number of aryl methyl sites for hydroxylation is 2. The minimum Gasteiger partial charge on any atom is -0.356 e. The van der Waals surface area contributed by atoms with Gasteiger partial charge in [-0.25, -0.2) is 4.98 Å². The van der Waals surface area contributed by atoms with Gasteiger partial charge in [0.1, 0.15) is 0 Å². The minimum absolute atomic E-state index is 0.104. The second kappa shape index (κ2) is 7.38. The van der Waals surface area contributed by atoms with Crippen LogP contribution < -0.4 is 5.32 Å². The topological polar surface area (TPSA) is 42.0 Å². The van der Waals surface area contributed by atoms with E-state index in [1.807, 2.05) is 24.3 Å².